The quantitative estimate of drug-likeness (QED) is 0.806. The van der Waals surface area contributed by atoms with Gasteiger partial charge in [-0.3, -0.25) is 9.78 Å². The summed E-state index contributed by atoms with van der Waals surface area (Å²) in [5.41, 5.74) is -0.0613. The molecule has 6 nitrogen and oxygen atoms in total. The highest BCUT2D eigenvalue weighted by Crippen LogP contribution is 2.22. The van der Waals surface area contributed by atoms with Crippen LogP contribution in [0.25, 0.3) is 0 Å². The molecule has 2 rings (SSSR count). The Morgan fingerprint density at radius 1 is 1.20 bits per heavy atom. The minimum Gasteiger partial charge on any atom is -0.505 e. The lowest BCUT2D eigenvalue weighted by Gasteiger charge is -2.09. The van der Waals surface area contributed by atoms with Gasteiger partial charge in [-0.15, -0.1) is 0 Å². The van der Waals surface area contributed by atoms with E-state index in [1.54, 1.807) is 0 Å². The Balaban J connectivity index is 2.33. The van der Waals surface area contributed by atoms with Crippen LogP contribution in [0.2, 0.25) is 5.02 Å². The first kappa shape index (κ1) is 13.8. The Labute approximate surface area is 118 Å². The van der Waals surface area contributed by atoms with Crippen molar-refractivity contribution in [3.8, 4) is 5.75 Å². The molecule has 0 spiro atoms. The first-order chi connectivity index (χ1) is 9.49. The van der Waals surface area contributed by atoms with Gasteiger partial charge in [0.25, 0.3) is 5.91 Å². The molecular formula is C13H9ClN2O4. The first-order valence-corrected chi connectivity index (χ1v) is 5.84. The second kappa shape index (κ2) is 5.58. The highest BCUT2D eigenvalue weighted by atomic mass is 35.5. The molecule has 1 aromatic carbocycles. The standard InChI is InChI=1S/C13H9ClN2O4/c14-7-1-2-10(9(5-7)13(19)20)16-12(18)8-3-4-15-6-11(8)17/h1-6,17H,(H,16,18)(H,19,20). The number of aromatic nitrogens is 1. The minimum absolute atomic E-state index is 0.00807. The summed E-state index contributed by atoms with van der Waals surface area (Å²) in [6, 6.07) is 5.38. The molecule has 102 valence electrons. The van der Waals surface area contributed by atoms with Gasteiger partial charge in [0.05, 0.1) is 23.0 Å². The van der Waals surface area contributed by atoms with Crippen molar-refractivity contribution in [3.05, 3.63) is 52.8 Å². The van der Waals surface area contributed by atoms with Crippen LogP contribution in [0.4, 0.5) is 5.69 Å². The van der Waals surface area contributed by atoms with E-state index in [0.29, 0.717) is 0 Å². The highest BCUT2D eigenvalue weighted by Gasteiger charge is 2.16. The fraction of sp³-hybridized carbons (Fsp3) is 0. The average Bonchev–Trinajstić information content (AvgIpc) is 2.41. The van der Waals surface area contributed by atoms with Crippen LogP contribution in [0, 0.1) is 0 Å². The van der Waals surface area contributed by atoms with Gasteiger partial charge in [-0.1, -0.05) is 11.6 Å². The van der Waals surface area contributed by atoms with Gasteiger partial charge in [0.15, 0.2) is 0 Å². The zero-order chi connectivity index (χ0) is 14.7. The van der Waals surface area contributed by atoms with Crippen molar-refractivity contribution in [2.24, 2.45) is 0 Å². The van der Waals surface area contributed by atoms with Crippen LogP contribution in [0.1, 0.15) is 20.7 Å². The van der Waals surface area contributed by atoms with E-state index >= 15 is 0 Å². The summed E-state index contributed by atoms with van der Waals surface area (Å²) in [6.45, 7) is 0. The average molecular weight is 293 g/mol. The maximum Gasteiger partial charge on any atom is 0.337 e. The molecule has 1 heterocycles. The molecule has 0 bridgehead atoms. The summed E-state index contributed by atoms with van der Waals surface area (Å²) in [7, 11) is 0. The van der Waals surface area contributed by atoms with Crippen LogP contribution in [0.15, 0.2) is 36.7 Å². The summed E-state index contributed by atoms with van der Waals surface area (Å²) in [6.07, 6.45) is 2.46. The molecule has 0 aliphatic carbocycles. The number of aromatic carboxylic acids is 1. The lowest BCUT2D eigenvalue weighted by molar-refractivity contribution is 0.0698. The zero-order valence-electron chi connectivity index (χ0n) is 10.0. The molecular weight excluding hydrogens is 284 g/mol. The normalized spacial score (nSPS) is 10.1. The number of carbonyl (C=O) groups excluding carboxylic acids is 1. The van der Waals surface area contributed by atoms with Crippen LogP contribution in [-0.4, -0.2) is 27.1 Å². The Morgan fingerprint density at radius 2 is 1.95 bits per heavy atom. The number of nitrogens with zero attached hydrogens (tertiary/aromatic N) is 1. The molecule has 3 N–H and O–H groups in total. The maximum atomic E-state index is 12.0. The van der Waals surface area contributed by atoms with Crippen molar-refractivity contribution >= 4 is 29.2 Å². The number of pyridine rings is 1. The number of carbonyl (C=O) groups is 2. The number of halogens is 1. The molecule has 0 aliphatic heterocycles. The largest absolute Gasteiger partial charge is 0.505 e. The third kappa shape index (κ3) is 2.86. The molecule has 7 heteroatoms. The van der Waals surface area contributed by atoms with Crippen molar-refractivity contribution in [2.45, 2.75) is 0 Å². The second-order valence-electron chi connectivity index (χ2n) is 3.84. The Morgan fingerprint density at radius 3 is 2.60 bits per heavy atom. The molecule has 0 radical (unpaired) electrons. The Hall–Kier alpha value is -2.60. The van der Waals surface area contributed by atoms with Gasteiger partial charge >= 0.3 is 5.97 Å². The molecule has 0 aliphatic rings. The number of hydrogen-bond acceptors (Lipinski definition) is 4. The van der Waals surface area contributed by atoms with Crippen molar-refractivity contribution < 1.29 is 19.8 Å². The van der Waals surface area contributed by atoms with Gasteiger partial charge in [0.2, 0.25) is 0 Å². The topological polar surface area (TPSA) is 99.5 Å². The third-order valence-corrected chi connectivity index (χ3v) is 2.74. The fourth-order valence-electron chi connectivity index (χ4n) is 1.57. The monoisotopic (exact) mass is 292 g/mol. The lowest BCUT2D eigenvalue weighted by Crippen LogP contribution is -2.15. The number of amides is 1. The van der Waals surface area contributed by atoms with E-state index in [1.165, 1.54) is 30.5 Å². The van der Waals surface area contributed by atoms with Crippen LogP contribution in [0.3, 0.4) is 0 Å². The van der Waals surface area contributed by atoms with E-state index < -0.39 is 11.9 Å². The predicted octanol–water partition coefficient (Wildman–Crippen LogP) is 2.39. The smallest absolute Gasteiger partial charge is 0.337 e. The third-order valence-electron chi connectivity index (χ3n) is 2.50. The zero-order valence-corrected chi connectivity index (χ0v) is 10.8. The van der Waals surface area contributed by atoms with Crippen LogP contribution < -0.4 is 5.32 Å². The SMILES string of the molecule is O=C(Nc1ccc(Cl)cc1C(=O)O)c1ccncc1O. The number of anilines is 1. The van der Waals surface area contributed by atoms with Crippen LogP contribution in [0.5, 0.6) is 5.75 Å². The van der Waals surface area contributed by atoms with Crippen molar-refractivity contribution in [1.29, 1.82) is 0 Å². The van der Waals surface area contributed by atoms with Crippen LogP contribution >= 0.6 is 11.6 Å². The van der Waals surface area contributed by atoms with Crippen molar-refractivity contribution in [1.82, 2.24) is 4.98 Å². The summed E-state index contributed by atoms with van der Waals surface area (Å²) in [5.74, 6) is -2.16. The first-order valence-electron chi connectivity index (χ1n) is 5.46. The van der Waals surface area contributed by atoms with Crippen molar-refractivity contribution in [2.75, 3.05) is 5.32 Å². The number of hydrogen-bond donors (Lipinski definition) is 3. The summed E-state index contributed by atoms with van der Waals surface area (Å²) in [5, 5.41) is 21.2. The maximum absolute atomic E-state index is 12.0. The van der Waals surface area contributed by atoms with Gasteiger partial charge in [-0.2, -0.15) is 0 Å². The molecule has 1 amide bonds. The van der Waals surface area contributed by atoms with Gasteiger partial charge in [-0.25, -0.2) is 4.79 Å². The number of benzene rings is 1. The molecule has 1 aromatic heterocycles. The molecule has 0 saturated heterocycles. The van der Waals surface area contributed by atoms with Gasteiger partial charge < -0.3 is 15.5 Å². The number of carboxylic acids is 1. The number of rotatable bonds is 3. The van der Waals surface area contributed by atoms with E-state index in [-0.39, 0.29) is 27.6 Å². The summed E-state index contributed by atoms with van der Waals surface area (Å²) >= 11 is 5.72. The Kier molecular flexibility index (Phi) is 3.86. The fourth-order valence-corrected chi connectivity index (χ4v) is 1.74. The number of carboxylic acid groups (broad SMARTS) is 1. The molecule has 0 unspecified atom stereocenters. The molecule has 20 heavy (non-hydrogen) atoms. The number of nitrogens with one attached hydrogen (secondary N) is 1. The van der Waals surface area contributed by atoms with Crippen LogP contribution in [-0.2, 0) is 0 Å². The molecule has 2 aromatic rings. The summed E-state index contributed by atoms with van der Waals surface area (Å²) in [4.78, 5) is 26.7. The molecule has 0 saturated carbocycles. The summed E-state index contributed by atoms with van der Waals surface area (Å²) < 4.78 is 0. The highest BCUT2D eigenvalue weighted by molar-refractivity contribution is 6.31. The second-order valence-corrected chi connectivity index (χ2v) is 4.28. The Bertz CT molecular complexity index is 688. The van der Waals surface area contributed by atoms with Gasteiger partial charge in [-0.05, 0) is 24.3 Å². The van der Waals surface area contributed by atoms with Gasteiger partial charge in [0, 0.05) is 11.2 Å². The molecule has 0 fully saturated rings. The van der Waals surface area contributed by atoms with Gasteiger partial charge in [0.1, 0.15) is 5.75 Å². The van der Waals surface area contributed by atoms with E-state index in [4.69, 9.17) is 16.7 Å². The number of aromatic hydroxyl groups is 1. The van der Waals surface area contributed by atoms with E-state index in [0.717, 1.165) is 6.20 Å². The molecule has 0 atom stereocenters. The predicted molar refractivity (Wildman–Crippen MR) is 72.3 cm³/mol. The lowest BCUT2D eigenvalue weighted by atomic mass is 10.1. The van der Waals surface area contributed by atoms with Crippen molar-refractivity contribution in [3.63, 3.8) is 0 Å². The minimum atomic E-state index is -1.22. The van der Waals surface area contributed by atoms with E-state index in [1.807, 2.05) is 0 Å². The van der Waals surface area contributed by atoms with E-state index in [9.17, 15) is 14.7 Å². The van der Waals surface area contributed by atoms with E-state index in [2.05, 4.69) is 10.3 Å².